The molecule has 0 radical (unpaired) electrons. The third-order valence-corrected chi connectivity index (χ3v) is 3.96. The Balaban J connectivity index is 0.000000718. The van der Waals surface area contributed by atoms with E-state index >= 15 is 0 Å². The molecule has 2 aromatic carbocycles. The largest absolute Gasteiger partial charge is 0.490 e. The van der Waals surface area contributed by atoms with Gasteiger partial charge in [0.1, 0.15) is 5.75 Å². The summed E-state index contributed by atoms with van der Waals surface area (Å²) in [4.78, 5) is 45.8. The van der Waals surface area contributed by atoms with Gasteiger partial charge >= 0.3 is 23.8 Å². The predicted molar refractivity (Wildman–Crippen MR) is 112 cm³/mol. The topological polar surface area (TPSA) is 168 Å². The average Bonchev–Trinajstić information content (AvgIpc) is 2.79. The van der Waals surface area contributed by atoms with Gasteiger partial charge in [0.05, 0.1) is 6.21 Å². The molecule has 1 unspecified atom stereocenters. The highest BCUT2D eigenvalue weighted by Gasteiger charge is 2.49. The van der Waals surface area contributed by atoms with Crippen molar-refractivity contribution in [1.82, 2.24) is 5.32 Å². The van der Waals surface area contributed by atoms with E-state index in [0.29, 0.717) is 5.56 Å². The van der Waals surface area contributed by atoms with Crippen molar-refractivity contribution >= 4 is 29.8 Å². The number of carboxylic acid groups (broad SMARTS) is 2. The van der Waals surface area contributed by atoms with E-state index in [1.165, 1.54) is 37.4 Å². The molecular weight excluding hydrogens is 463 g/mol. The Morgan fingerprint density at radius 2 is 1.53 bits per heavy atom. The van der Waals surface area contributed by atoms with Crippen molar-refractivity contribution in [1.29, 1.82) is 0 Å². The summed E-state index contributed by atoms with van der Waals surface area (Å²) in [5, 5.41) is 22.4. The van der Waals surface area contributed by atoms with Crippen LogP contribution in [0.5, 0.6) is 5.75 Å². The summed E-state index contributed by atoms with van der Waals surface area (Å²) in [5.74, 6) is -0.731. The molecule has 1 amide bonds. The van der Waals surface area contributed by atoms with Gasteiger partial charge in [-0.05, 0) is 29.8 Å². The summed E-state index contributed by atoms with van der Waals surface area (Å²) in [5.41, 5.74) is -1.73. The minimum absolute atomic E-state index is 0.136. The van der Waals surface area contributed by atoms with Crippen LogP contribution in [0.25, 0.3) is 0 Å². The van der Waals surface area contributed by atoms with E-state index in [-0.39, 0.29) is 17.7 Å². The SMILES string of the molecule is CCC(=O)C(NC(=O)c1ccc(C=NN)cc1)(Oc1ccccc1)C(=O)O.O=C(O)C(F)(F)F. The molecule has 0 bridgehead atoms. The fourth-order valence-corrected chi connectivity index (χ4v) is 2.32. The third kappa shape index (κ3) is 7.62. The number of nitrogens with zero attached hydrogens (tertiary/aromatic N) is 1. The molecule has 0 aliphatic carbocycles. The molecular formula is C21H20F3N3O7. The molecule has 0 aliphatic rings. The number of carboxylic acids is 2. The highest BCUT2D eigenvalue weighted by atomic mass is 19.4. The van der Waals surface area contributed by atoms with Gasteiger partial charge in [0.2, 0.25) is 5.78 Å². The van der Waals surface area contributed by atoms with Crippen molar-refractivity contribution in [3.8, 4) is 5.75 Å². The van der Waals surface area contributed by atoms with Crippen LogP contribution >= 0.6 is 0 Å². The quantitative estimate of drug-likeness (QED) is 0.146. The fraction of sp³-hybridized carbons (Fsp3) is 0.190. The van der Waals surface area contributed by atoms with Gasteiger partial charge in [0.15, 0.2) is 0 Å². The average molecular weight is 483 g/mol. The summed E-state index contributed by atoms with van der Waals surface area (Å²) < 4.78 is 37.2. The Morgan fingerprint density at radius 3 is 1.94 bits per heavy atom. The van der Waals surface area contributed by atoms with Crippen molar-refractivity contribution in [2.75, 3.05) is 0 Å². The van der Waals surface area contributed by atoms with Crippen molar-refractivity contribution < 1.29 is 47.3 Å². The normalized spacial score (nSPS) is 12.6. The van der Waals surface area contributed by atoms with Crippen LogP contribution in [0.4, 0.5) is 13.2 Å². The summed E-state index contributed by atoms with van der Waals surface area (Å²) in [6, 6.07) is 14.0. The molecule has 13 heteroatoms. The summed E-state index contributed by atoms with van der Waals surface area (Å²) in [7, 11) is 0. The van der Waals surface area contributed by atoms with Gasteiger partial charge in [-0.3, -0.25) is 14.9 Å². The number of nitrogens with two attached hydrogens (primary N) is 1. The van der Waals surface area contributed by atoms with E-state index in [1.807, 2.05) is 0 Å². The van der Waals surface area contributed by atoms with Gasteiger partial charge in [0, 0.05) is 12.0 Å². The molecule has 2 aromatic rings. The number of hydrogen-bond donors (Lipinski definition) is 4. The molecule has 10 nitrogen and oxygen atoms in total. The molecule has 0 heterocycles. The van der Waals surface area contributed by atoms with Gasteiger partial charge in [-0.15, -0.1) is 0 Å². The lowest BCUT2D eigenvalue weighted by Gasteiger charge is -2.29. The Morgan fingerprint density at radius 1 is 1.00 bits per heavy atom. The lowest BCUT2D eigenvalue weighted by Crippen LogP contribution is -2.64. The zero-order valence-corrected chi connectivity index (χ0v) is 17.6. The van der Waals surface area contributed by atoms with E-state index in [0.717, 1.165) is 0 Å². The first kappa shape index (κ1) is 27.6. The van der Waals surface area contributed by atoms with Crippen LogP contribution < -0.4 is 15.9 Å². The second kappa shape index (κ2) is 12.0. The molecule has 0 spiro atoms. The number of rotatable bonds is 8. The molecule has 0 aliphatic heterocycles. The number of halogens is 3. The molecule has 0 saturated heterocycles. The second-order valence-electron chi connectivity index (χ2n) is 6.34. The van der Waals surface area contributed by atoms with Gasteiger partial charge in [-0.25, -0.2) is 9.59 Å². The van der Waals surface area contributed by atoms with Gasteiger partial charge in [0.25, 0.3) is 5.91 Å². The van der Waals surface area contributed by atoms with E-state index in [1.54, 1.807) is 30.3 Å². The van der Waals surface area contributed by atoms with Crippen LogP contribution in [0.2, 0.25) is 0 Å². The number of ether oxygens (including phenoxy) is 1. The molecule has 1 atom stereocenters. The maximum Gasteiger partial charge on any atom is 0.490 e. The highest BCUT2D eigenvalue weighted by Crippen LogP contribution is 2.20. The number of alkyl halides is 3. The number of aliphatic carboxylic acids is 2. The Kier molecular flexibility index (Phi) is 9.74. The Labute approximate surface area is 190 Å². The molecule has 0 aromatic heterocycles. The molecule has 0 fully saturated rings. The van der Waals surface area contributed by atoms with Crippen molar-refractivity contribution in [2.45, 2.75) is 25.2 Å². The smallest absolute Gasteiger partial charge is 0.476 e. The Bertz CT molecular complexity index is 1040. The highest BCUT2D eigenvalue weighted by molar-refractivity contribution is 6.11. The standard InChI is InChI=1S/C19H19N3O5.C2HF3O2/c1-2-16(23)19(18(25)26,27-15-6-4-3-5-7-15)22-17(24)14-10-8-13(9-11-14)12-21-20;3-2(4,5)1(6)7/h3-12H,2,20H2,1H3,(H,22,24)(H,25,26);(H,6,7). The minimum atomic E-state index is -5.08. The maximum absolute atomic E-state index is 12.6. The van der Waals surface area contributed by atoms with Crippen LogP contribution in [0.15, 0.2) is 59.7 Å². The minimum Gasteiger partial charge on any atom is -0.476 e. The Hall–Kier alpha value is -4.42. The zero-order chi connectivity index (χ0) is 25.9. The van der Waals surface area contributed by atoms with E-state index < -0.39 is 35.5 Å². The molecule has 2 rings (SSSR count). The first-order chi connectivity index (χ1) is 15.9. The van der Waals surface area contributed by atoms with E-state index in [4.69, 9.17) is 20.5 Å². The summed E-state index contributed by atoms with van der Waals surface area (Å²) in [6.45, 7) is 1.49. The second-order valence-corrected chi connectivity index (χ2v) is 6.34. The number of carbonyl (C=O) groups is 4. The van der Waals surface area contributed by atoms with Gasteiger partial charge < -0.3 is 20.8 Å². The number of hydrogen-bond acceptors (Lipinski definition) is 7. The van der Waals surface area contributed by atoms with Crippen LogP contribution in [0.3, 0.4) is 0 Å². The maximum atomic E-state index is 12.6. The van der Waals surface area contributed by atoms with E-state index in [9.17, 15) is 32.7 Å². The number of amides is 1. The number of hydrazone groups is 1. The lowest BCUT2D eigenvalue weighted by molar-refractivity contribution is -0.192. The summed E-state index contributed by atoms with van der Waals surface area (Å²) >= 11 is 0. The lowest BCUT2D eigenvalue weighted by atomic mass is 10.0. The van der Waals surface area contributed by atoms with Gasteiger partial charge in [-0.1, -0.05) is 37.3 Å². The number of benzene rings is 2. The fourth-order valence-electron chi connectivity index (χ4n) is 2.32. The zero-order valence-electron chi connectivity index (χ0n) is 17.6. The van der Waals surface area contributed by atoms with Crippen LogP contribution in [-0.4, -0.2) is 52.0 Å². The van der Waals surface area contributed by atoms with Crippen molar-refractivity contribution in [3.63, 3.8) is 0 Å². The number of para-hydroxylation sites is 1. The molecule has 182 valence electrons. The van der Waals surface area contributed by atoms with Crippen LogP contribution in [-0.2, 0) is 14.4 Å². The van der Waals surface area contributed by atoms with E-state index in [2.05, 4.69) is 10.4 Å². The predicted octanol–water partition coefficient (Wildman–Crippen LogP) is 2.18. The number of ketones is 1. The third-order valence-electron chi connectivity index (χ3n) is 3.96. The van der Waals surface area contributed by atoms with Crippen LogP contribution in [0, 0.1) is 0 Å². The number of Topliss-reactive ketones (excluding diaryl/α,β-unsaturated/α-hetero) is 1. The molecule has 0 saturated carbocycles. The van der Waals surface area contributed by atoms with Gasteiger partial charge in [-0.2, -0.15) is 18.3 Å². The molecule has 34 heavy (non-hydrogen) atoms. The summed E-state index contributed by atoms with van der Waals surface area (Å²) in [6.07, 6.45) is -3.84. The van der Waals surface area contributed by atoms with Crippen molar-refractivity contribution in [3.05, 3.63) is 65.7 Å². The molecule has 5 N–H and O–H groups in total. The van der Waals surface area contributed by atoms with Crippen molar-refractivity contribution in [2.24, 2.45) is 10.9 Å². The number of nitrogens with one attached hydrogen (secondary N) is 1. The van der Waals surface area contributed by atoms with Crippen LogP contribution in [0.1, 0.15) is 29.3 Å². The number of carbonyl (C=O) groups excluding carboxylic acids is 2. The monoisotopic (exact) mass is 483 g/mol. The first-order valence-electron chi connectivity index (χ1n) is 9.34. The first-order valence-corrected chi connectivity index (χ1v) is 9.34.